The second kappa shape index (κ2) is 8.12. The third-order valence-corrected chi connectivity index (χ3v) is 4.36. The monoisotopic (exact) mass is 342 g/mol. The highest BCUT2D eigenvalue weighted by Gasteiger charge is 2.32. The molecule has 2 aromatic carbocycles. The van der Waals surface area contributed by atoms with E-state index in [2.05, 4.69) is 5.32 Å². The third-order valence-electron chi connectivity index (χ3n) is 4.36. The molecule has 1 saturated carbocycles. The highest BCUT2D eigenvalue weighted by atomic mass is 19.1. The first-order chi connectivity index (χ1) is 12.2. The normalized spacial score (nSPS) is 13.5. The van der Waals surface area contributed by atoms with Crippen molar-refractivity contribution < 1.29 is 13.9 Å². The number of nitrogens with zero attached hydrogens (tertiary/aromatic N) is 1. The van der Waals surface area contributed by atoms with E-state index in [9.17, 15) is 9.18 Å². The van der Waals surface area contributed by atoms with Gasteiger partial charge in [-0.05, 0) is 41.7 Å². The van der Waals surface area contributed by atoms with Crippen LogP contribution in [0.2, 0.25) is 0 Å². The average Bonchev–Trinajstić information content (AvgIpc) is 3.45. The Hall–Kier alpha value is -2.40. The molecule has 1 fully saturated rings. The molecule has 1 N–H and O–H groups in total. The fourth-order valence-electron chi connectivity index (χ4n) is 2.84. The molecule has 0 atom stereocenters. The minimum Gasteiger partial charge on any atom is -0.380 e. The molecule has 25 heavy (non-hydrogen) atoms. The first-order valence-electron chi connectivity index (χ1n) is 8.52. The van der Waals surface area contributed by atoms with Crippen LogP contribution in [0.3, 0.4) is 0 Å². The van der Waals surface area contributed by atoms with Crippen LogP contribution >= 0.6 is 0 Å². The molecule has 132 valence electrons. The summed E-state index contributed by atoms with van der Waals surface area (Å²) in [7, 11) is 1.66. The number of urea groups is 1. The molecule has 4 nitrogen and oxygen atoms in total. The SMILES string of the molecule is COCc1ccccc1CNC(=O)N(Cc1ccc(F)cc1)C1CC1. The Labute approximate surface area is 147 Å². The maximum Gasteiger partial charge on any atom is 0.318 e. The zero-order valence-electron chi connectivity index (χ0n) is 14.4. The number of ether oxygens (including phenoxy) is 1. The molecular formula is C20H23FN2O2. The standard InChI is InChI=1S/C20H23FN2O2/c1-25-14-17-5-3-2-4-16(17)12-22-20(24)23(19-10-11-19)13-15-6-8-18(21)9-7-15/h2-9,19H,10-14H2,1H3,(H,22,24). The molecule has 5 heteroatoms. The van der Waals surface area contributed by atoms with E-state index < -0.39 is 0 Å². The molecule has 2 amide bonds. The Morgan fingerprint density at radius 2 is 1.84 bits per heavy atom. The highest BCUT2D eigenvalue weighted by molar-refractivity contribution is 5.75. The quantitative estimate of drug-likeness (QED) is 0.830. The Balaban J connectivity index is 1.63. The molecule has 1 aliphatic carbocycles. The van der Waals surface area contributed by atoms with Gasteiger partial charge < -0.3 is 15.0 Å². The number of carbonyl (C=O) groups is 1. The van der Waals surface area contributed by atoms with Crippen LogP contribution in [-0.2, 0) is 24.4 Å². The molecule has 0 aromatic heterocycles. The molecule has 2 aromatic rings. The first kappa shape index (κ1) is 17.4. The molecule has 0 radical (unpaired) electrons. The number of hydrogen-bond donors (Lipinski definition) is 1. The molecule has 3 rings (SSSR count). The number of nitrogens with one attached hydrogen (secondary N) is 1. The lowest BCUT2D eigenvalue weighted by atomic mass is 10.1. The van der Waals surface area contributed by atoms with Gasteiger partial charge >= 0.3 is 6.03 Å². The molecule has 0 spiro atoms. The molecule has 0 saturated heterocycles. The summed E-state index contributed by atoms with van der Waals surface area (Å²) < 4.78 is 18.3. The van der Waals surface area contributed by atoms with E-state index in [1.165, 1.54) is 12.1 Å². The van der Waals surface area contributed by atoms with Gasteiger partial charge in [-0.15, -0.1) is 0 Å². The zero-order chi connectivity index (χ0) is 17.6. The Bertz CT molecular complexity index is 714. The maximum atomic E-state index is 13.1. The summed E-state index contributed by atoms with van der Waals surface area (Å²) >= 11 is 0. The van der Waals surface area contributed by atoms with Crippen LogP contribution in [0.5, 0.6) is 0 Å². The van der Waals surface area contributed by atoms with Crippen LogP contribution in [0.15, 0.2) is 48.5 Å². The maximum absolute atomic E-state index is 13.1. The van der Waals surface area contributed by atoms with Gasteiger partial charge in [-0.2, -0.15) is 0 Å². The zero-order valence-corrected chi connectivity index (χ0v) is 14.4. The van der Waals surface area contributed by atoms with E-state index in [4.69, 9.17) is 4.74 Å². The molecule has 0 unspecified atom stereocenters. The third kappa shape index (κ3) is 4.79. The summed E-state index contributed by atoms with van der Waals surface area (Å²) in [6, 6.07) is 14.4. The molecule has 0 heterocycles. The number of halogens is 1. The Morgan fingerprint density at radius 1 is 1.16 bits per heavy atom. The van der Waals surface area contributed by atoms with Crippen molar-refractivity contribution in [1.29, 1.82) is 0 Å². The number of amides is 2. The lowest BCUT2D eigenvalue weighted by Crippen LogP contribution is -2.40. The lowest BCUT2D eigenvalue weighted by molar-refractivity contribution is 0.183. The molecule has 1 aliphatic rings. The molecule has 0 aliphatic heterocycles. The topological polar surface area (TPSA) is 41.6 Å². The predicted molar refractivity (Wildman–Crippen MR) is 94.4 cm³/mol. The summed E-state index contributed by atoms with van der Waals surface area (Å²) in [6.45, 7) is 1.48. The van der Waals surface area contributed by atoms with Gasteiger partial charge in [-0.3, -0.25) is 0 Å². The van der Waals surface area contributed by atoms with Gasteiger partial charge in [0.25, 0.3) is 0 Å². The van der Waals surface area contributed by atoms with Crippen molar-refractivity contribution in [2.24, 2.45) is 0 Å². The summed E-state index contributed by atoms with van der Waals surface area (Å²) in [5.74, 6) is -0.263. The van der Waals surface area contributed by atoms with Crippen LogP contribution in [-0.4, -0.2) is 24.1 Å². The highest BCUT2D eigenvalue weighted by Crippen LogP contribution is 2.28. The molecular weight excluding hydrogens is 319 g/mol. The van der Waals surface area contributed by atoms with Gasteiger partial charge in [-0.1, -0.05) is 36.4 Å². The van der Waals surface area contributed by atoms with Crippen LogP contribution in [0.1, 0.15) is 29.5 Å². The van der Waals surface area contributed by atoms with Crippen molar-refractivity contribution in [2.75, 3.05) is 7.11 Å². The van der Waals surface area contributed by atoms with E-state index >= 15 is 0 Å². The summed E-state index contributed by atoms with van der Waals surface area (Å²) in [6.07, 6.45) is 2.05. The second-order valence-electron chi connectivity index (χ2n) is 6.35. The first-order valence-corrected chi connectivity index (χ1v) is 8.52. The van der Waals surface area contributed by atoms with Crippen molar-refractivity contribution in [3.8, 4) is 0 Å². The number of methoxy groups -OCH3 is 1. The fourth-order valence-corrected chi connectivity index (χ4v) is 2.84. The largest absolute Gasteiger partial charge is 0.380 e. The number of carbonyl (C=O) groups excluding carboxylic acids is 1. The summed E-state index contributed by atoms with van der Waals surface area (Å²) in [5.41, 5.74) is 3.06. The number of rotatable bonds is 7. The second-order valence-corrected chi connectivity index (χ2v) is 6.35. The minimum absolute atomic E-state index is 0.0842. The summed E-state index contributed by atoms with van der Waals surface area (Å²) in [5, 5.41) is 3.01. The van der Waals surface area contributed by atoms with E-state index in [-0.39, 0.29) is 17.9 Å². The minimum atomic E-state index is -0.263. The van der Waals surface area contributed by atoms with Crippen molar-refractivity contribution >= 4 is 6.03 Å². The number of benzene rings is 2. The van der Waals surface area contributed by atoms with Crippen LogP contribution in [0.25, 0.3) is 0 Å². The van der Waals surface area contributed by atoms with E-state index in [1.54, 1.807) is 19.2 Å². The molecule has 0 bridgehead atoms. The van der Waals surface area contributed by atoms with Gasteiger partial charge in [0.05, 0.1) is 6.61 Å². The van der Waals surface area contributed by atoms with Crippen molar-refractivity contribution in [3.05, 3.63) is 71.0 Å². The van der Waals surface area contributed by atoms with Crippen molar-refractivity contribution in [1.82, 2.24) is 10.2 Å². The van der Waals surface area contributed by atoms with E-state index in [0.29, 0.717) is 19.7 Å². The van der Waals surface area contributed by atoms with Gasteiger partial charge in [0.2, 0.25) is 0 Å². The Kier molecular flexibility index (Phi) is 5.66. The van der Waals surface area contributed by atoms with Gasteiger partial charge in [0, 0.05) is 26.2 Å². The van der Waals surface area contributed by atoms with Crippen molar-refractivity contribution in [2.45, 2.75) is 38.6 Å². The lowest BCUT2D eigenvalue weighted by Gasteiger charge is -2.23. The van der Waals surface area contributed by atoms with Gasteiger partial charge in [0.1, 0.15) is 5.82 Å². The van der Waals surface area contributed by atoms with E-state index in [1.807, 2.05) is 29.2 Å². The fraction of sp³-hybridized carbons (Fsp3) is 0.350. The van der Waals surface area contributed by atoms with Gasteiger partial charge in [-0.25, -0.2) is 9.18 Å². The predicted octanol–water partition coefficient (Wildman–Crippen LogP) is 3.85. The summed E-state index contributed by atoms with van der Waals surface area (Å²) in [4.78, 5) is 14.5. The number of hydrogen-bond acceptors (Lipinski definition) is 2. The Morgan fingerprint density at radius 3 is 2.48 bits per heavy atom. The smallest absolute Gasteiger partial charge is 0.318 e. The van der Waals surface area contributed by atoms with Crippen LogP contribution in [0.4, 0.5) is 9.18 Å². The average molecular weight is 342 g/mol. The van der Waals surface area contributed by atoms with Gasteiger partial charge in [0.15, 0.2) is 0 Å². The van der Waals surface area contributed by atoms with Crippen LogP contribution < -0.4 is 5.32 Å². The van der Waals surface area contributed by atoms with E-state index in [0.717, 1.165) is 29.5 Å². The van der Waals surface area contributed by atoms with Crippen LogP contribution in [0, 0.1) is 5.82 Å². The van der Waals surface area contributed by atoms with Crippen molar-refractivity contribution in [3.63, 3.8) is 0 Å².